The van der Waals surface area contributed by atoms with Crippen molar-refractivity contribution in [2.24, 2.45) is 0 Å². The van der Waals surface area contributed by atoms with E-state index >= 15 is 0 Å². The summed E-state index contributed by atoms with van der Waals surface area (Å²) < 4.78 is 16.0. The third-order valence-electron chi connectivity index (χ3n) is 3.90. The number of aliphatic carboxylic acids is 1. The molecule has 1 aliphatic rings. The van der Waals surface area contributed by atoms with E-state index in [1.54, 1.807) is 12.1 Å². The van der Waals surface area contributed by atoms with E-state index in [2.05, 4.69) is 0 Å². The molecule has 0 fully saturated rings. The SMILES string of the molecule is COc1cc(C(=O)/C=C/C2=Cc3ccccc3OC2)ccc1OCC(=O)O. The molecule has 0 aliphatic carbocycles. The lowest BCUT2D eigenvalue weighted by Gasteiger charge is -2.15. The van der Waals surface area contributed by atoms with Gasteiger partial charge in [-0.25, -0.2) is 4.79 Å². The van der Waals surface area contributed by atoms with E-state index in [1.165, 1.54) is 25.3 Å². The lowest BCUT2D eigenvalue weighted by Crippen LogP contribution is -2.10. The van der Waals surface area contributed by atoms with Crippen molar-refractivity contribution in [2.45, 2.75) is 0 Å². The number of carbonyl (C=O) groups is 2. The van der Waals surface area contributed by atoms with Crippen LogP contribution in [0, 0.1) is 0 Å². The second-order valence-electron chi connectivity index (χ2n) is 5.79. The van der Waals surface area contributed by atoms with Gasteiger partial charge in [0, 0.05) is 11.1 Å². The van der Waals surface area contributed by atoms with Gasteiger partial charge < -0.3 is 19.3 Å². The van der Waals surface area contributed by atoms with Crippen LogP contribution in [0.25, 0.3) is 6.08 Å². The predicted octanol–water partition coefficient (Wildman–Crippen LogP) is 3.37. The average molecular weight is 366 g/mol. The zero-order valence-electron chi connectivity index (χ0n) is 14.7. The first-order chi connectivity index (χ1) is 13.1. The van der Waals surface area contributed by atoms with Crippen molar-refractivity contribution in [3.05, 3.63) is 71.3 Å². The molecule has 0 radical (unpaired) electrons. The highest BCUT2D eigenvalue weighted by atomic mass is 16.5. The lowest BCUT2D eigenvalue weighted by molar-refractivity contribution is -0.139. The van der Waals surface area contributed by atoms with Crippen LogP contribution in [0.2, 0.25) is 0 Å². The number of rotatable bonds is 7. The van der Waals surface area contributed by atoms with Gasteiger partial charge in [-0.2, -0.15) is 0 Å². The third kappa shape index (κ3) is 4.55. The number of benzene rings is 2. The molecule has 1 heterocycles. The van der Waals surface area contributed by atoms with Gasteiger partial charge in [0.1, 0.15) is 12.4 Å². The molecule has 3 rings (SSSR count). The average Bonchev–Trinajstić information content (AvgIpc) is 2.70. The van der Waals surface area contributed by atoms with Gasteiger partial charge >= 0.3 is 5.97 Å². The molecule has 1 N–H and O–H groups in total. The van der Waals surface area contributed by atoms with Crippen LogP contribution in [0.1, 0.15) is 15.9 Å². The van der Waals surface area contributed by atoms with Crippen LogP contribution >= 0.6 is 0 Å². The molecule has 0 aromatic heterocycles. The van der Waals surface area contributed by atoms with Crippen molar-refractivity contribution in [1.82, 2.24) is 0 Å². The van der Waals surface area contributed by atoms with E-state index in [0.29, 0.717) is 17.9 Å². The first-order valence-electron chi connectivity index (χ1n) is 8.24. The van der Waals surface area contributed by atoms with Crippen molar-refractivity contribution in [1.29, 1.82) is 0 Å². The summed E-state index contributed by atoms with van der Waals surface area (Å²) in [7, 11) is 1.43. The molecule has 6 nitrogen and oxygen atoms in total. The number of allylic oxidation sites excluding steroid dienone is 1. The van der Waals surface area contributed by atoms with Crippen LogP contribution in [0.4, 0.5) is 0 Å². The van der Waals surface area contributed by atoms with Gasteiger partial charge in [-0.3, -0.25) is 4.79 Å². The molecule has 138 valence electrons. The molecule has 0 saturated heterocycles. The number of ether oxygens (including phenoxy) is 3. The minimum atomic E-state index is -1.09. The summed E-state index contributed by atoms with van der Waals surface area (Å²) in [6.07, 6.45) is 5.17. The van der Waals surface area contributed by atoms with Crippen molar-refractivity contribution < 1.29 is 28.9 Å². The summed E-state index contributed by atoms with van der Waals surface area (Å²) in [5.41, 5.74) is 2.26. The number of para-hydroxylation sites is 1. The number of carboxylic acids is 1. The molecule has 27 heavy (non-hydrogen) atoms. The summed E-state index contributed by atoms with van der Waals surface area (Å²) in [6, 6.07) is 12.3. The quantitative estimate of drug-likeness (QED) is 0.598. The maximum Gasteiger partial charge on any atom is 0.341 e. The monoisotopic (exact) mass is 366 g/mol. The van der Waals surface area contributed by atoms with Gasteiger partial charge in [0.25, 0.3) is 0 Å². The standard InChI is InChI=1S/C21H18O6/c1-25-20-11-15(7-9-19(20)27-13-21(23)24)17(22)8-6-14-10-16-4-2-3-5-18(16)26-12-14/h2-11H,12-13H2,1H3,(H,23,24)/b8-6+. The Morgan fingerprint density at radius 3 is 2.78 bits per heavy atom. The van der Waals surface area contributed by atoms with Crippen molar-refractivity contribution in [2.75, 3.05) is 20.3 Å². The molecule has 0 amide bonds. The Balaban J connectivity index is 1.73. The van der Waals surface area contributed by atoms with E-state index in [-0.39, 0.29) is 11.5 Å². The minimum Gasteiger partial charge on any atom is -0.493 e. The van der Waals surface area contributed by atoms with Gasteiger partial charge in [0.2, 0.25) is 0 Å². The molecule has 0 saturated carbocycles. The normalized spacial score (nSPS) is 12.7. The van der Waals surface area contributed by atoms with E-state index in [1.807, 2.05) is 30.3 Å². The molecule has 2 aromatic carbocycles. The number of methoxy groups -OCH3 is 1. The highest BCUT2D eigenvalue weighted by Gasteiger charge is 2.12. The minimum absolute atomic E-state index is 0.210. The zero-order chi connectivity index (χ0) is 19.2. The number of carboxylic acid groups (broad SMARTS) is 1. The fourth-order valence-corrected chi connectivity index (χ4v) is 2.59. The van der Waals surface area contributed by atoms with Crippen molar-refractivity contribution in [3.63, 3.8) is 0 Å². The topological polar surface area (TPSA) is 82.1 Å². The van der Waals surface area contributed by atoms with Crippen LogP contribution in [0.15, 0.2) is 60.2 Å². The molecule has 2 aromatic rings. The molecular weight excluding hydrogens is 348 g/mol. The molecule has 1 aliphatic heterocycles. The first-order valence-corrected chi connectivity index (χ1v) is 8.24. The molecular formula is C21H18O6. The summed E-state index contributed by atoms with van der Waals surface area (Å²) >= 11 is 0. The highest BCUT2D eigenvalue weighted by molar-refractivity contribution is 6.05. The number of ketones is 1. The maximum atomic E-state index is 12.4. The van der Waals surface area contributed by atoms with Gasteiger partial charge in [-0.15, -0.1) is 0 Å². The molecule has 0 atom stereocenters. The smallest absolute Gasteiger partial charge is 0.341 e. The number of fused-ring (bicyclic) bond motifs is 1. The van der Waals surface area contributed by atoms with Crippen LogP contribution in [0.3, 0.4) is 0 Å². The Kier molecular flexibility index (Phi) is 5.56. The van der Waals surface area contributed by atoms with Gasteiger partial charge in [0.05, 0.1) is 7.11 Å². The molecule has 0 bridgehead atoms. The Morgan fingerprint density at radius 1 is 1.19 bits per heavy atom. The largest absolute Gasteiger partial charge is 0.493 e. The fraction of sp³-hybridized carbons (Fsp3) is 0.143. The summed E-state index contributed by atoms with van der Waals surface area (Å²) in [5, 5.41) is 8.69. The Hall–Kier alpha value is -3.54. The Morgan fingerprint density at radius 2 is 2.00 bits per heavy atom. The predicted molar refractivity (Wildman–Crippen MR) is 99.5 cm³/mol. The van der Waals surface area contributed by atoms with Crippen molar-refractivity contribution in [3.8, 4) is 17.2 Å². The van der Waals surface area contributed by atoms with Crippen molar-refractivity contribution >= 4 is 17.8 Å². The van der Waals surface area contributed by atoms with Gasteiger partial charge in [-0.05, 0) is 42.0 Å². The number of carbonyl (C=O) groups excluding carboxylic acids is 1. The number of hydrogen-bond acceptors (Lipinski definition) is 5. The molecule has 6 heteroatoms. The summed E-state index contributed by atoms with van der Waals surface area (Å²) in [6.45, 7) is -0.0920. The number of hydrogen-bond donors (Lipinski definition) is 1. The highest BCUT2D eigenvalue weighted by Crippen LogP contribution is 2.29. The molecule has 0 unspecified atom stereocenters. The van der Waals surface area contributed by atoms with Crippen LogP contribution in [-0.4, -0.2) is 37.2 Å². The summed E-state index contributed by atoms with van der Waals surface area (Å²) in [5.74, 6) is 0.0789. The first kappa shape index (κ1) is 18.3. The Bertz CT molecular complexity index is 926. The van der Waals surface area contributed by atoms with Gasteiger partial charge in [0.15, 0.2) is 23.9 Å². The van der Waals surface area contributed by atoms with Crippen LogP contribution in [-0.2, 0) is 4.79 Å². The van der Waals surface area contributed by atoms with Gasteiger partial charge in [-0.1, -0.05) is 24.3 Å². The second kappa shape index (κ2) is 8.23. The lowest BCUT2D eigenvalue weighted by atomic mass is 10.1. The van der Waals surface area contributed by atoms with E-state index < -0.39 is 12.6 Å². The van der Waals surface area contributed by atoms with E-state index in [0.717, 1.165) is 16.9 Å². The second-order valence-corrected chi connectivity index (χ2v) is 5.79. The fourth-order valence-electron chi connectivity index (χ4n) is 2.59. The van der Waals surface area contributed by atoms with Crippen LogP contribution < -0.4 is 14.2 Å². The zero-order valence-corrected chi connectivity index (χ0v) is 14.7. The molecule has 0 spiro atoms. The Labute approximate surface area is 156 Å². The van der Waals surface area contributed by atoms with E-state index in [4.69, 9.17) is 19.3 Å². The summed E-state index contributed by atoms with van der Waals surface area (Å²) in [4.78, 5) is 23.0. The maximum absolute atomic E-state index is 12.4. The third-order valence-corrected chi connectivity index (χ3v) is 3.90. The van der Waals surface area contributed by atoms with Crippen LogP contribution in [0.5, 0.6) is 17.2 Å². The van der Waals surface area contributed by atoms with E-state index in [9.17, 15) is 9.59 Å².